The van der Waals surface area contributed by atoms with Crippen molar-refractivity contribution in [3.8, 4) is 17.2 Å². The molecule has 4 rings (SSSR count). The zero-order valence-electron chi connectivity index (χ0n) is 19.0. The summed E-state index contributed by atoms with van der Waals surface area (Å²) in [4.78, 5) is 32.5. The Morgan fingerprint density at radius 1 is 1.24 bits per heavy atom. The first-order chi connectivity index (χ1) is 16.1. The molecule has 0 spiro atoms. The van der Waals surface area contributed by atoms with Gasteiger partial charge in [-0.2, -0.15) is 0 Å². The Balaban J connectivity index is 1.64. The van der Waals surface area contributed by atoms with E-state index in [9.17, 15) is 9.59 Å². The smallest absolute Gasteiger partial charge is 0.229 e. The molecular formula is C26H29N3O4. The molecule has 7 nitrogen and oxygen atoms in total. The Bertz CT molecular complexity index is 1100. The molecular weight excluding hydrogens is 418 g/mol. The minimum absolute atomic E-state index is 0.0781. The molecule has 2 aromatic carbocycles. The molecule has 2 heterocycles. The number of piperidine rings is 1. The van der Waals surface area contributed by atoms with Gasteiger partial charge < -0.3 is 19.4 Å². The minimum atomic E-state index is -0.402. The molecule has 3 aromatic rings. The summed E-state index contributed by atoms with van der Waals surface area (Å²) >= 11 is 0. The van der Waals surface area contributed by atoms with E-state index in [1.165, 1.54) is 6.26 Å². The lowest BCUT2D eigenvalue weighted by molar-refractivity contribution is -0.142. The van der Waals surface area contributed by atoms with Gasteiger partial charge in [0.05, 0.1) is 25.3 Å². The number of carbonyl (C=O) groups is 2. The van der Waals surface area contributed by atoms with E-state index in [2.05, 4.69) is 17.2 Å². The van der Waals surface area contributed by atoms with Crippen molar-refractivity contribution < 1.29 is 18.7 Å². The van der Waals surface area contributed by atoms with E-state index in [-0.39, 0.29) is 17.9 Å². The first-order valence-corrected chi connectivity index (χ1v) is 11.4. The maximum absolute atomic E-state index is 13.5. The van der Waals surface area contributed by atoms with E-state index >= 15 is 0 Å². The van der Waals surface area contributed by atoms with Crippen molar-refractivity contribution >= 4 is 17.5 Å². The second kappa shape index (κ2) is 10.3. The average molecular weight is 448 g/mol. The Kier molecular flexibility index (Phi) is 7.07. The highest BCUT2D eigenvalue weighted by molar-refractivity contribution is 5.95. The number of anilines is 1. The zero-order valence-corrected chi connectivity index (χ0v) is 19.0. The van der Waals surface area contributed by atoms with Crippen LogP contribution in [0, 0.1) is 5.92 Å². The number of nitrogens with zero attached hydrogens (tertiary/aromatic N) is 2. The third-order valence-corrected chi connectivity index (χ3v) is 6.06. The number of aromatic nitrogens is 1. The van der Waals surface area contributed by atoms with Crippen molar-refractivity contribution in [3.63, 3.8) is 0 Å². The van der Waals surface area contributed by atoms with Crippen LogP contribution in [0.4, 0.5) is 5.69 Å². The van der Waals surface area contributed by atoms with Crippen molar-refractivity contribution in [3.05, 3.63) is 66.6 Å². The molecule has 0 aliphatic carbocycles. The fourth-order valence-electron chi connectivity index (χ4n) is 4.45. The van der Waals surface area contributed by atoms with Crippen LogP contribution in [0.2, 0.25) is 0 Å². The van der Waals surface area contributed by atoms with Crippen molar-refractivity contribution in [1.82, 2.24) is 9.88 Å². The predicted molar refractivity (Wildman–Crippen MR) is 126 cm³/mol. The number of amides is 2. The number of hydrogen-bond acceptors (Lipinski definition) is 5. The molecule has 1 aliphatic rings. The summed E-state index contributed by atoms with van der Waals surface area (Å²) in [6.07, 6.45) is 5.78. The summed E-state index contributed by atoms with van der Waals surface area (Å²) in [5, 5.41) is 3.06. The van der Waals surface area contributed by atoms with E-state index < -0.39 is 5.92 Å². The summed E-state index contributed by atoms with van der Waals surface area (Å²) in [5.74, 6) is 0.731. The van der Waals surface area contributed by atoms with E-state index in [1.807, 2.05) is 53.4 Å². The van der Waals surface area contributed by atoms with E-state index in [4.69, 9.17) is 9.15 Å². The van der Waals surface area contributed by atoms with Crippen molar-refractivity contribution in [2.45, 2.75) is 38.6 Å². The summed E-state index contributed by atoms with van der Waals surface area (Å²) in [7, 11) is 1.61. The van der Waals surface area contributed by atoms with Crippen molar-refractivity contribution in [2.24, 2.45) is 5.92 Å². The fraction of sp³-hybridized carbons (Fsp3) is 0.346. The molecule has 0 saturated carbocycles. The lowest BCUT2D eigenvalue weighted by Gasteiger charge is -2.41. The number of nitrogens with one attached hydrogen (secondary N) is 1. The Hall–Kier alpha value is -3.61. The largest absolute Gasteiger partial charge is 0.496 e. The molecule has 1 fully saturated rings. The number of para-hydroxylation sites is 1. The van der Waals surface area contributed by atoms with Gasteiger partial charge in [-0.05, 0) is 37.1 Å². The van der Waals surface area contributed by atoms with Crippen LogP contribution in [0.3, 0.4) is 0 Å². The van der Waals surface area contributed by atoms with Gasteiger partial charge in [0.2, 0.25) is 17.7 Å². The van der Waals surface area contributed by atoms with E-state index in [0.717, 1.165) is 24.0 Å². The van der Waals surface area contributed by atoms with Gasteiger partial charge in [0, 0.05) is 29.8 Å². The molecule has 1 N–H and O–H groups in total. The molecule has 7 heteroatoms. The Morgan fingerprint density at radius 2 is 2.09 bits per heavy atom. The SMILES string of the molecule is CCCCN1C(=O)CC[C@@H](C(=O)Nc2cccc(-c3ncco3)c2)[C@@H]1c1ccccc1OC. The number of hydrogen-bond donors (Lipinski definition) is 1. The Labute approximate surface area is 193 Å². The highest BCUT2D eigenvalue weighted by Gasteiger charge is 2.41. The van der Waals surface area contributed by atoms with Crippen LogP contribution in [0.1, 0.15) is 44.2 Å². The van der Waals surface area contributed by atoms with Gasteiger partial charge in [-0.15, -0.1) is 0 Å². The van der Waals surface area contributed by atoms with E-state index in [1.54, 1.807) is 13.3 Å². The maximum atomic E-state index is 13.5. The average Bonchev–Trinajstić information content (AvgIpc) is 3.38. The standard InChI is InChI=1S/C26H29N3O4/c1-3-4-15-29-23(30)13-12-21(24(29)20-10-5-6-11-22(20)32-2)25(31)28-19-9-7-8-18(17-19)26-27-14-16-33-26/h5-11,14,16-17,21,24H,3-4,12-13,15H2,1-2H3,(H,28,31)/t21-,24+/m1/s1. The normalized spacial score (nSPS) is 18.2. The van der Waals surface area contributed by atoms with Crippen LogP contribution in [0.5, 0.6) is 5.75 Å². The molecule has 0 bridgehead atoms. The van der Waals surface area contributed by atoms with Crippen LogP contribution in [0.25, 0.3) is 11.5 Å². The monoisotopic (exact) mass is 447 g/mol. The summed E-state index contributed by atoms with van der Waals surface area (Å²) in [6, 6.07) is 14.7. The van der Waals surface area contributed by atoms with Crippen LogP contribution in [0.15, 0.2) is 65.4 Å². The molecule has 1 aromatic heterocycles. The number of unbranched alkanes of at least 4 members (excludes halogenated alkanes) is 1. The number of carbonyl (C=O) groups excluding carboxylic acids is 2. The highest BCUT2D eigenvalue weighted by atomic mass is 16.5. The van der Waals surface area contributed by atoms with Crippen LogP contribution in [-0.4, -0.2) is 35.4 Å². The molecule has 2 atom stereocenters. The third kappa shape index (κ3) is 4.92. The van der Waals surface area contributed by atoms with Gasteiger partial charge in [-0.3, -0.25) is 9.59 Å². The molecule has 2 amide bonds. The number of methoxy groups -OCH3 is 1. The lowest BCUT2D eigenvalue weighted by Crippen LogP contribution is -2.47. The first-order valence-electron chi connectivity index (χ1n) is 11.4. The zero-order chi connectivity index (χ0) is 23.2. The number of ether oxygens (including phenoxy) is 1. The lowest BCUT2D eigenvalue weighted by atomic mass is 9.83. The number of likely N-dealkylation sites (tertiary alicyclic amines) is 1. The van der Waals surface area contributed by atoms with Crippen LogP contribution >= 0.6 is 0 Å². The van der Waals surface area contributed by atoms with Gasteiger partial charge in [-0.1, -0.05) is 37.6 Å². The van der Waals surface area contributed by atoms with Gasteiger partial charge in [-0.25, -0.2) is 4.98 Å². The second-order valence-corrected chi connectivity index (χ2v) is 8.18. The highest BCUT2D eigenvalue weighted by Crippen LogP contribution is 2.41. The number of oxazole rings is 1. The number of rotatable bonds is 8. The summed E-state index contributed by atoms with van der Waals surface area (Å²) in [5.41, 5.74) is 2.30. The quantitative estimate of drug-likeness (QED) is 0.521. The molecule has 172 valence electrons. The van der Waals surface area contributed by atoms with Gasteiger partial charge >= 0.3 is 0 Å². The summed E-state index contributed by atoms with van der Waals surface area (Å²) < 4.78 is 11.0. The van der Waals surface area contributed by atoms with Crippen LogP contribution in [-0.2, 0) is 9.59 Å². The second-order valence-electron chi connectivity index (χ2n) is 8.18. The topological polar surface area (TPSA) is 84.7 Å². The van der Waals surface area contributed by atoms with Gasteiger partial charge in [0.15, 0.2) is 0 Å². The Morgan fingerprint density at radius 3 is 2.85 bits per heavy atom. The van der Waals surface area contributed by atoms with Crippen molar-refractivity contribution in [2.75, 3.05) is 19.0 Å². The summed E-state index contributed by atoms with van der Waals surface area (Å²) in [6.45, 7) is 2.71. The maximum Gasteiger partial charge on any atom is 0.229 e. The predicted octanol–water partition coefficient (Wildman–Crippen LogP) is 5.07. The number of benzene rings is 2. The van der Waals surface area contributed by atoms with Crippen molar-refractivity contribution in [1.29, 1.82) is 0 Å². The fourth-order valence-corrected chi connectivity index (χ4v) is 4.45. The molecule has 0 radical (unpaired) electrons. The van der Waals surface area contributed by atoms with E-state index in [0.29, 0.717) is 36.7 Å². The van der Waals surface area contributed by atoms with Gasteiger partial charge in [0.25, 0.3) is 0 Å². The molecule has 1 saturated heterocycles. The molecule has 0 unspecified atom stereocenters. The molecule has 1 aliphatic heterocycles. The van der Waals surface area contributed by atoms with Crippen LogP contribution < -0.4 is 10.1 Å². The third-order valence-electron chi connectivity index (χ3n) is 6.06. The van der Waals surface area contributed by atoms with Gasteiger partial charge in [0.1, 0.15) is 12.0 Å². The molecule has 33 heavy (non-hydrogen) atoms. The minimum Gasteiger partial charge on any atom is -0.496 e. The first kappa shape index (κ1) is 22.6.